The molecule has 5 heteroatoms. The Morgan fingerprint density at radius 1 is 1.04 bits per heavy atom. The molecule has 0 unspecified atom stereocenters. The van der Waals surface area contributed by atoms with Gasteiger partial charge in [0.15, 0.2) is 0 Å². The van der Waals surface area contributed by atoms with Crippen LogP contribution in [0.25, 0.3) is 0 Å². The van der Waals surface area contributed by atoms with E-state index in [-0.39, 0.29) is 24.4 Å². The Morgan fingerprint density at radius 2 is 1.79 bits per heavy atom. The van der Waals surface area contributed by atoms with E-state index in [1.54, 1.807) is 0 Å². The van der Waals surface area contributed by atoms with Crippen LogP contribution in [0.4, 0.5) is 0 Å². The van der Waals surface area contributed by atoms with Gasteiger partial charge >= 0.3 is 0 Å². The van der Waals surface area contributed by atoms with Gasteiger partial charge in [0.25, 0.3) is 0 Å². The van der Waals surface area contributed by atoms with Gasteiger partial charge in [-0.3, -0.25) is 9.59 Å². The summed E-state index contributed by atoms with van der Waals surface area (Å²) < 4.78 is 2.04. The lowest BCUT2D eigenvalue weighted by Crippen LogP contribution is -2.43. The van der Waals surface area contributed by atoms with E-state index in [0.29, 0.717) is 19.5 Å². The molecule has 2 aromatic rings. The predicted octanol–water partition coefficient (Wildman–Crippen LogP) is 3.74. The first-order valence-corrected chi connectivity index (χ1v) is 10.3. The van der Waals surface area contributed by atoms with E-state index in [4.69, 9.17) is 0 Å². The lowest BCUT2D eigenvalue weighted by atomic mass is 10.2. The van der Waals surface area contributed by atoms with Crippen molar-refractivity contribution < 1.29 is 9.59 Å². The molecule has 0 spiro atoms. The number of hydrogen-bond donors (Lipinski definition) is 0. The quantitative estimate of drug-likeness (QED) is 0.629. The van der Waals surface area contributed by atoms with Crippen LogP contribution in [0.5, 0.6) is 0 Å². The number of hydrogen-bond acceptors (Lipinski definition) is 2. The average Bonchev–Trinajstić information content (AvgIpc) is 3.47. The van der Waals surface area contributed by atoms with Gasteiger partial charge in [0.05, 0.1) is 6.54 Å². The van der Waals surface area contributed by atoms with E-state index >= 15 is 0 Å². The third kappa shape index (κ3) is 5.47. The van der Waals surface area contributed by atoms with Crippen LogP contribution in [0.15, 0.2) is 48.7 Å². The summed E-state index contributed by atoms with van der Waals surface area (Å²) in [5, 5.41) is 0. The molecule has 1 aliphatic rings. The molecule has 0 radical (unpaired) electrons. The molecule has 5 nitrogen and oxygen atoms in total. The normalized spacial score (nSPS) is 13.4. The van der Waals surface area contributed by atoms with Crippen molar-refractivity contribution >= 4 is 11.8 Å². The minimum Gasteiger partial charge on any atom is -0.353 e. The largest absolute Gasteiger partial charge is 0.353 e. The third-order valence-corrected chi connectivity index (χ3v) is 5.33. The Morgan fingerprint density at radius 3 is 2.39 bits per heavy atom. The van der Waals surface area contributed by atoms with Crippen LogP contribution >= 0.6 is 0 Å². The van der Waals surface area contributed by atoms with Gasteiger partial charge in [-0.2, -0.15) is 0 Å². The molecule has 1 saturated carbocycles. The standard InChI is InChI=1S/C23H31N3O2/c1-3-4-12-22(27)26(20-13-14-20)18-23(28)25(16-19-9-6-5-7-10-19)17-21-11-8-15-24(21)2/h5-11,15,20H,3-4,12-14,16-18H2,1-2H3. The highest BCUT2D eigenvalue weighted by molar-refractivity contribution is 5.85. The van der Waals surface area contributed by atoms with Crippen molar-refractivity contribution in [2.24, 2.45) is 7.05 Å². The second-order valence-corrected chi connectivity index (χ2v) is 7.70. The molecule has 1 aromatic carbocycles. The predicted molar refractivity (Wildman–Crippen MR) is 110 cm³/mol. The van der Waals surface area contributed by atoms with Crippen LogP contribution in [0, 0.1) is 0 Å². The first-order chi connectivity index (χ1) is 13.6. The third-order valence-electron chi connectivity index (χ3n) is 5.33. The van der Waals surface area contributed by atoms with Crippen LogP contribution in [0.2, 0.25) is 0 Å². The number of aryl methyl sites for hydroxylation is 1. The summed E-state index contributed by atoms with van der Waals surface area (Å²) >= 11 is 0. The van der Waals surface area contributed by atoms with Crippen LogP contribution < -0.4 is 0 Å². The maximum Gasteiger partial charge on any atom is 0.242 e. The first-order valence-electron chi connectivity index (χ1n) is 10.3. The average molecular weight is 382 g/mol. The SMILES string of the molecule is CCCCC(=O)N(CC(=O)N(Cc1ccccc1)Cc1cccn1C)C1CC1. The zero-order valence-electron chi connectivity index (χ0n) is 17.0. The molecule has 0 saturated heterocycles. The van der Waals surface area contributed by atoms with Gasteiger partial charge in [0, 0.05) is 37.9 Å². The fourth-order valence-electron chi connectivity index (χ4n) is 3.42. The number of aromatic nitrogens is 1. The van der Waals surface area contributed by atoms with Gasteiger partial charge in [0.1, 0.15) is 6.54 Å². The molecule has 1 heterocycles. The Kier molecular flexibility index (Phi) is 6.90. The topological polar surface area (TPSA) is 45.6 Å². The number of rotatable bonds is 10. The van der Waals surface area contributed by atoms with Gasteiger partial charge in [-0.1, -0.05) is 43.7 Å². The molecule has 0 bridgehead atoms. The fraction of sp³-hybridized carbons (Fsp3) is 0.478. The number of carbonyl (C=O) groups is 2. The zero-order valence-corrected chi connectivity index (χ0v) is 17.0. The molecule has 0 aliphatic heterocycles. The highest BCUT2D eigenvalue weighted by Crippen LogP contribution is 2.28. The number of unbranched alkanes of at least 4 members (excludes halogenated alkanes) is 1. The highest BCUT2D eigenvalue weighted by atomic mass is 16.2. The van der Waals surface area contributed by atoms with Crippen LogP contribution in [-0.2, 0) is 29.7 Å². The number of amides is 2. The number of benzene rings is 1. The summed E-state index contributed by atoms with van der Waals surface area (Å²) in [5.41, 5.74) is 2.18. The molecule has 0 atom stereocenters. The highest BCUT2D eigenvalue weighted by Gasteiger charge is 2.34. The summed E-state index contributed by atoms with van der Waals surface area (Å²) in [6, 6.07) is 14.3. The van der Waals surface area contributed by atoms with Crippen molar-refractivity contribution in [2.75, 3.05) is 6.54 Å². The van der Waals surface area contributed by atoms with Crippen molar-refractivity contribution in [3.63, 3.8) is 0 Å². The fourth-order valence-corrected chi connectivity index (χ4v) is 3.42. The minimum atomic E-state index is 0.0156. The second kappa shape index (κ2) is 9.58. The molecule has 1 aliphatic carbocycles. The van der Waals surface area contributed by atoms with Crippen LogP contribution in [0.3, 0.4) is 0 Å². The van der Waals surface area contributed by atoms with Crippen molar-refractivity contribution in [3.8, 4) is 0 Å². The van der Waals surface area contributed by atoms with E-state index in [9.17, 15) is 9.59 Å². The molecular formula is C23H31N3O2. The molecule has 150 valence electrons. The Balaban J connectivity index is 1.72. The summed E-state index contributed by atoms with van der Waals surface area (Å²) in [5.74, 6) is 0.137. The van der Waals surface area contributed by atoms with Crippen molar-refractivity contribution in [1.82, 2.24) is 14.4 Å². The van der Waals surface area contributed by atoms with Crippen molar-refractivity contribution in [2.45, 2.75) is 58.2 Å². The first kappa shape index (κ1) is 20.2. The summed E-state index contributed by atoms with van der Waals surface area (Å²) in [6.45, 7) is 3.36. The van der Waals surface area contributed by atoms with E-state index in [1.807, 2.05) is 70.1 Å². The monoisotopic (exact) mass is 381 g/mol. The van der Waals surface area contributed by atoms with Crippen LogP contribution in [-0.4, -0.2) is 38.8 Å². The Bertz CT molecular complexity index is 780. The Hall–Kier alpha value is -2.56. The summed E-state index contributed by atoms with van der Waals surface area (Å²) in [4.78, 5) is 29.5. The summed E-state index contributed by atoms with van der Waals surface area (Å²) in [6.07, 6.45) is 6.43. The van der Waals surface area contributed by atoms with Gasteiger partial charge in [-0.05, 0) is 37.0 Å². The zero-order chi connectivity index (χ0) is 19.9. The number of nitrogens with zero attached hydrogens (tertiary/aromatic N) is 3. The molecule has 2 amide bonds. The Labute approximate surface area is 167 Å². The van der Waals surface area contributed by atoms with Crippen molar-refractivity contribution in [3.05, 3.63) is 59.9 Å². The van der Waals surface area contributed by atoms with Crippen LogP contribution in [0.1, 0.15) is 50.3 Å². The maximum absolute atomic E-state index is 13.2. The lowest BCUT2D eigenvalue weighted by Gasteiger charge is -2.28. The van der Waals surface area contributed by atoms with Gasteiger partial charge in [-0.25, -0.2) is 0 Å². The smallest absolute Gasteiger partial charge is 0.242 e. The molecule has 3 rings (SSSR count). The van der Waals surface area contributed by atoms with Gasteiger partial charge in [-0.15, -0.1) is 0 Å². The summed E-state index contributed by atoms with van der Waals surface area (Å²) in [7, 11) is 1.99. The second-order valence-electron chi connectivity index (χ2n) is 7.70. The van der Waals surface area contributed by atoms with Gasteiger partial charge < -0.3 is 14.4 Å². The molecular weight excluding hydrogens is 350 g/mol. The molecule has 1 aromatic heterocycles. The minimum absolute atomic E-state index is 0.0156. The van der Waals surface area contributed by atoms with E-state index < -0.39 is 0 Å². The van der Waals surface area contributed by atoms with E-state index in [2.05, 4.69) is 6.92 Å². The maximum atomic E-state index is 13.2. The van der Waals surface area contributed by atoms with Gasteiger partial charge in [0.2, 0.25) is 11.8 Å². The van der Waals surface area contributed by atoms with Crippen molar-refractivity contribution in [1.29, 1.82) is 0 Å². The van der Waals surface area contributed by atoms with E-state index in [0.717, 1.165) is 36.9 Å². The lowest BCUT2D eigenvalue weighted by molar-refractivity contribution is -0.141. The molecule has 0 N–H and O–H groups in total. The molecule has 28 heavy (non-hydrogen) atoms. The molecule has 1 fully saturated rings. The number of carbonyl (C=O) groups excluding carboxylic acids is 2. The van der Waals surface area contributed by atoms with E-state index in [1.165, 1.54) is 0 Å².